The van der Waals surface area contributed by atoms with Crippen LogP contribution in [0.15, 0.2) is 41.1 Å². The van der Waals surface area contributed by atoms with Gasteiger partial charge in [-0.1, -0.05) is 15.9 Å². The Labute approximate surface area is 131 Å². The number of fused-ring (bicyclic) bond motifs is 1. The van der Waals surface area contributed by atoms with Gasteiger partial charge in [0.1, 0.15) is 10.7 Å². The number of carbonyl (C=O) groups is 1. The van der Waals surface area contributed by atoms with Crippen LogP contribution in [0.4, 0.5) is 15.8 Å². The second-order valence-corrected chi connectivity index (χ2v) is 6.20. The molecule has 0 aliphatic carbocycles. The van der Waals surface area contributed by atoms with Crippen LogP contribution in [0, 0.1) is 5.82 Å². The van der Waals surface area contributed by atoms with Crippen LogP contribution in [0.2, 0.25) is 0 Å². The summed E-state index contributed by atoms with van der Waals surface area (Å²) in [6, 6.07) is 6.26. The average Bonchev–Trinajstić information content (AvgIpc) is 2.81. The molecule has 0 radical (unpaired) electrons. The summed E-state index contributed by atoms with van der Waals surface area (Å²) in [7, 11) is 0. The van der Waals surface area contributed by atoms with Crippen LogP contribution in [-0.2, 0) is 0 Å². The number of nitrogens with zero attached hydrogens (tertiary/aromatic N) is 1. The molecule has 0 saturated heterocycles. The number of carboxylic acid groups (broad SMARTS) is 1. The fraction of sp³-hybridized carbons (Fsp3) is 0. The van der Waals surface area contributed by atoms with Gasteiger partial charge in [-0.3, -0.25) is 4.98 Å². The summed E-state index contributed by atoms with van der Waals surface area (Å²) in [4.78, 5) is 15.5. The first-order valence-electron chi connectivity index (χ1n) is 5.88. The van der Waals surface area contributed by atoms with Crippen LogP contribution in [0.3, 0.4) is 0 Å². The molecule has 0 amide bonds. The van der Waals surface area contributed by atoms with Crippen molar-refractivity contribution in [1.82, 2.24) is 4.98 Å². The number of anilines is 2. The quantitative estimate of drug-likeness (QED) is 0.708. The maximum absolute atomic E-state index is 13.9. The lowest BCUT2D eigenvalue weighted by Crippen LogP contribution is -2.00. The highest BCUT2D eigenvalue weighted by atomic mass is 79.9. The molecule has 106 valence electrons. The molecule has 2 heterocycles. The molecule has 2 N–H and O–H groups in total. The number of hydrogen-bond donors (Lipinski definition) is 2. The number of aromatic carboxylic acids is 1. The minimum absolute atomic E-state index is 0.125. The predicted molar refractivity (Wildman–Crippen MR) is 84.0 cm³/mol. The Bertz CT molecular complexity index is 850. The van der Waals surface area contributed by atoms with E-state index >= 15 is 0 Å². The minimum atomic E-state index is -1.06. The fourth-order valence-corrected chi connectivity index (χ4v) is 3.25. The van der Waals surface area contributed by atoms with Crippen molar-refractivity contribution in [2.45, 2.75) is 0 Å². The van der Waals surface area contributed by atoms with Crippen molar-refractivity contribution in [2.24, 2.45) is 0 Å². The lowest BCUT2D eigenvalue weighted by Gasteiger charge is -2.08. The number of halogens is 2. The second kappa shape index (κ2) is 5.42. The standard InChI is InChI=1S/C14H8BrFN2O2S/c15-7-1-2-10(9(16)5-7)18-12-8-3-4-17-6-11(8)21-13(12)14(19)20/h1-6,18H,(H,19,20). The van der Waals surface area contributed by atoms with Gasteiger partial charge in [-0.05, 0) is 24.3 Å². The highest BCUT2D eigenvalue weighted by Crippen LogP contribution is 2.37. The van der Waals surface area contributed by atoms with Gasteiger partial charge in [0.05, 0.1) is 16.1 Å². The van der Waals surface area contributed by atoms with Crippen molar-refractivity contribution in [1.29, 1.82) is 0 Å². The molecular weight excluding hydrogens is 359 g/mol. The Morgan fingerprint density at radius 2 is 2.19 bits per heavy atom. The number of benzene rings is 1. The first-order valence-corrected chi connectivity index (χ1v) is 7.49. The van der Waals surface area contributed by atoms with Crippen molar-refractivity contribution in [2.75, 3.05) is 5.32 Å². The Kier molecular flexibility index (Phi) is 3.60. The molecule has 2 aromatic heterocycles. The zero-order chi connectivity index (χ0) is 15.0. The van der Waals surface area contributed by atoms with Crippen molar-refractivity contribution in [3.8, 4) is 0 Å². The molecule has 0 unspecified atom stereocenters. The summed E-state index contributed by atoms with van der Waals surface area (Å²) in [6.45, 7) is 0. The molecule has 0 aliphatic rings. The fourth-order valence-electron chi connectivity index (χ4n) is 1.95. The maximum atomic E-state index is 13.9. The van der Waals surface area contributed by atoms with Gasteiger partial charge in [-0.25, -0.2) is 9.18 Å². The molecule has 21 heavy (non-hydrogen) atoms. The molecule has 0 saturated carbocycles. The Morgan fingerprint density at radius 1 is 1.38 bits per heavy atom. The van der Waals surface area contributed by atoms with Crippen LogP contribution in [0.25, 0.3) is 10.1 Å². The third kappa shape index (κ3) is 2.62. The van der Waals surface area contributed by atoms with E-state index in [4.69, 9.17) is 0 Å². The number of thiophene rings is 1. The van der Waals surface area contributed by atoms with Gasteiger partial charge in [0.2, 0.25) is 0 Å². The highest BCUT2D eigenvalue weighted by Gasteiger charge is 2.19. The van der Waals surface area contributed by atoms with E-state index in [0.29, 0.717) is 15.5 Å². The second-order valence-electron chi connectivity index (χ2n) is 4.23. The SMILES string of the molecule is O=C(O)c1sc2cnccc2c1Nc1ccc(Br)cc1F. The zero-order valence-corrected chi connectivity index (χ0v) is 12.8. The van der Waals surface area contributed by atoms with Crippen molar-refractivity contribution < 1.29 is 14.3 Å². The summed E-state index contributed by atoms with van der Waals surface area (Å²) in [6.07, 6.45) is 3.17. The molecule has 0 spiro atoms. The molecule has 0 bridgehead atoms. The monoisotopic (exact) mass is 366 g/mol. The first kappa shape index (κ1) is 14.0. The van der Waals surface area contributed by atoms with Gasteiger partial charge in [0.25, 0.3) is 0 Å². The van der Waals surface area contributed by atoms with E-state index in [9.17, 15) is 14.3 Å². The average molecular weight is 367 g/mol. The lowest BCUT2D eigenvalue weighted by molar-refractivity contribution is 0.0703. The Balaban J connectivity index is 2.14. The van der Waals surface area contributed by atoms with Crippen LogP contribution in [0.5, 0.6) is 0 Å². The normalized spacial score (nSPS) is 10.8. The molecule has 4 nitrogen and oxygen atoms in total. The summed E-state index contributed by atoms with van der Waals surface area (Å²) in [5, 5.41) is 12.9. The van der Waals surface area contributed by atoms with E-state index in [-0.39, 0.29) is 10.6 Å². The first-order chi connectivity index (χ1) is 10.1. The van der Waals surface area contributed by atoms with Gasteiger partial charge in [0, 0.05) is 22.3 Å². The molecule has 0 aliphatic heterocycles. The van der Waals surface area contributed by atoms with E-state index in [1.807, 2.05) is 0 Å². The van der Waals surface area contributed by atoms with Gasteiger partial charge < -0.3 is 10.4 Å². The van der Waals surface area contributed by atoms with Gasteiger partial charge >= 0.3 is 5.97 Å². The predicted octanol–water partition coefficient (Wildman–Crippen LogP) is 4.64. The number of carboxylic acids is 1. The Morgan fingerprint density at radius 3 is 2.90 bits per heavy atom. The largest absolute Gasteiger partial charge is 0.477 e. The van der Waals surface area contributed by atoms with Crippen LogP contribution in [-0.4, -0.2) is 16.1 Å². The summed E-state index contributed by atoms with van der Waals surface area (Å²) in [5.74, 6) is -1.52. The molecular formula is C14H8BrFN2O2S. The molecule has 0 fully saturated rings. The van der Waals surface area contributed by atoms with E-state index in [1.54, 1.807) is 30.6 Å². The molecule has 7 heteroatoms. The summed E-state index contributed by atoms with van der Waals surface area (Å²) in [5.41, 5.74) is 0.600. The summed E-state index contributed by atoms with van der Waals surface area (Å²) >= 11 is 4.29. The minimum Gasteiger partial charge on any atom is -0.477 e. The van der Waals surface area contributed by atoms with Gasteiger partial charge in [0.15, 0.2) is 0 Å². The molecule has 3 rings (SSSR count). The van der Waals surface area contributed by atoms with Gasteiger partial charge in [-0.2, -0.15) is 0 Å². The molecule has 0 atom stereocenters. The van der Waals surface area contributed by atoms with Crippen molar-refractivity contribution >= 4 is 54.7 Å². The smallest absolute Gasteiger partial charge is 0.348 e. The van der Waals surface area contributed by atoms with Crippen molar-refractivity contribution in [3.63, 3.8) is 0 Å². The maximum Gasteiger partial charge on any atom is 0.348 e. The number of rotatable bonds is 3. The molecule has 1 aromatic carbocycles. The van der Waals surface area contributed by atoms with Crippen LogP contribution >= 0.6 is 27.3 Å². The van der Waals surface area contributed by atoms with Crippen molar-refractivity contribution in [3.05, 3.63) is 51.8 Å². The summed E-state index contributed by atoms with van der Waals surface area (Å²) < 4.78 is 15.3. The Hall–Kier alpha value is -1.99. The highest BCUT2D eigenvalue weighted by molar-refractivity contribution is 9.10. The van der Waals surface area contributed by atoms with E-state index in [1.165, 1.54) is 6.07 Å². The van der Waals surface area contributed by atoms with Crippen LogP contribution < -0.4 is 5.32 Å². The number of nitrogens with one attached hydrogen (secondary N) is 1. The third-order valence-corrected chi connectivity index (χ3v) is 4.50. The van der Waals surface area contributed by atoms with E-state index < -0.39 is 11.8 Å². The topological polar surface area (TPSA) is 62.2 Å². The number of hydrogen-bond acceptors (Lipinski definition) is 4. The number of pyridine rings is 1. The molecule has 3 aromatic rings. The van der Waals surface area contributed by atoms with E-state index in [2.05, 4.69) is 26.2 Å². The van der Waals surface area contributed by atoms with E-state index in [0.717, 1.165) is 16.0 Å². The number of aromatic nitrogens is 1. The zero-order valence-electron chi connectivity index (χ0n) is 10.4. The van der Waals surface area contributed by atoms with Crippen LogP contribution in [0.1, 0.15) is 9.67 Å². The van der Waals surface area contributed by atoms with Gasteiger partial charge in [-0.15, -0.1) is 11.3 Å². The third-order valence-electron chi connectivity index (χ3n) is 2.88. The lowest BCUT2D eigenvalue weighted by atomic mass is 10.2.